The van der Waals surface area contributed by atoms with Gasteiger partial charge in [0.25, 0.3) is 5.89 Å². The number of aromatic nitrogens is 2. The first-order chi connectivity index (χ1) is 13.5. The highest BCUT2D eigenvalue weighted by atomic mass is 16.5. The van der Waals surface area contributed by atoms with Gasteiger partial charge in [0.2, 0.25) is 5.82 Å². The monoisotopic (exact) mass is 379 g/mol. The van der Waals surface area contributed by atoms with E-state index in [1.54, 1.807) is 0 Å². The smallest absolute Gasteiger partial charge is 0.319 e. The normalized spacial score (nSPS) is 11.7. The van der Waals surface area contributed by atoms with Crippen molar-refractivity contribution in [2.75, 3.05) is 24.3 Å². The number of hydrogen-bond donors (Lipinski definition) is 2. The van der Waals surface area contributed by atoms with Crippen LogP contribution in [0.3, 0.4) is 0 Å². The Morgan fingerprint density at radius 2 is 1.89 bits per heavy atom. The molecule has 0 radical (unpaired) electrons. The maximum Gasteiger partial charge on any atom is 0.319 e. The van der Waals surface area contributed by atoms with Gasteiger partial charge in [0.1, 0.15) is 0 Å². The lowest BCUT2D eigenvalue weighted by atomic mass is 10.2. The van der Waals surface area contributed by atoms with Gasteiger partial charge >= 0.3 is 6.03 Å². The SMILES string of the molecule is CC[C@@H](C)NC(=O)Nc1ccc(-c2noc(-c3cccc(N(C)C)c3)n2)cc1. The molecule has 7 heteroatoms. The third-order valence-electron chi connectivity index (χ3n) is 4.43. The Morgan fingerprint density at radius 3 is 2.57 bits per heavy atom. The number of nitrogens with one attached hydrogen (secondary N) is 2. The Kier molecular flexibility index (Phi) is 5.93. The van der Waals surface area contributed by atoms with Gasteiger partial charge < -0.3 is 20.1 Å². The molecular weight excluding hydrogens is 354 g/mol. The number of hydrogen-bond acceptors (Lipinski definition) is 5. The predicted octanol–water partition coefficient (Wildman–Crippen LogP) is 4.39. The van der Waals surface area contributed by atoms with Crippen molar-refractivity contribution < 1.29 is 9.32 Å². The molecule has 1 heterocycles. The highest BCUT2D eigenvalue weighted by Gasteiger charge is 2.12. The molecule has 7 nitrogen and oxygen atoms in total. The number of amides is 2. The molecule has 1 aromatic heterocycles. The second-order valence-corrected chi connectivity index (χ2v) is 6.85. The number of carbonyl (C=O) groups is 1. The van der Waals surface area contributed by atoms with Crippen LogP contribution in [0.15, 0.2) is 53.1 Å². The van der Waals surface area contributed by atoms with Gasteiger partial charge in [0.05, 0.1) is 0 Å². The lowest BCUT2D eigenvalue weighted by Gasteiger charge is -2.12. The summed E-state index contributed by atoms with van der Waals surface area (Å²) in [7, 11) is 3.97. The molecule has 28 heavy (non-hydrogen) atoms. The maximum absolute atomic E-state index is 11.9. The van der Waals surface area contributed by atoms with E-state index in [1.165, 1.54) is 0 Å². The van der Waals surface area contributed by atoms with Crippen LogP contribution in [0.5, 0.6) is 0 Å². The largest absolute Gasteiger partial charge is 0.378 e. The van der Waals surface area contributed by atoms with Gasteiger partial charge in [-0.25, -0.2) is 4.79 Å². The van der Waals surface area contributed by atoms with Crippen molar-refractivity contribution >= 4 is 17.4 Å². The van der Waals surface area contributed by atoms with Gasteiger partial charge in [-0.3, -0.25) is 0 Å². The molecular formula is C21H25N5O2. The zero-order chi connectivity index (χ0) is 20.1. The molecule has 0 aliphatic heterocycles. The molecule has 2 amide bonds. The molecule has 2 N–H and O–H groups in total. The maximum atomic E-state index is 11.9. The van der Waals surface area contributed by atoms with Gasteiger partial charge in [-0.15, -0.1) is 0 Å². The number of benzene rings is 2. The molecule has 0 saturated carbocycles. The minimum Gasteiger partial charge on any atom is -0.378 e. The van der Waals surface area contributed by atoms with Crippen molar-refractivity contribution in [1.29, 1.82) is 0 Å². The summed E-state index contributed by atoms with van der Waals surface area (Å²) >= 11 is 0. The van der Waals surface area contributed by atoms with Gasteiger partial charge in [-0.05, 0) is 55.8 Å². The zero-order valence-corrected chi connectivity index (χ0v) is 16.6. The molecule has 0 aliphatic carbocycles. The number of urea groups is 1. The fourth-order valence-electron chi connectivity index (χ4n) is 2.57. The molecule has 0 bridgehead atoms. The highest BCUT2D eigenvalue weighted by molar-refractivity contribution is 5.89. The first-order valence-corrected chi connectivity index (χ1v) is 9.25. The van der Waals surface area contributed by atoms with Gasteiger partial charge in [0, 0.05) is 42.6 Å². The summed E-state index contributed by atoms with van der Waals surface area (Å²) in [5, 5.41) is 9.76. The molecule has 0 aliphatic rings. The van der Waals surface area contributed by atoms with E-state index in [0.29, 0.717) is 17.4 Å². The van der Waals surface area contributed by atoms with Crippen LogP contribution in [0.25, 0.3) is 22.8 Å². The standard InChI is InChI=1S/C21H25N5O2/c1-5-14(2)22-21(27)23-17-11-9-15(10-12-17)19-24-20(28-25-19)16-7-6-8-18(13-16)26(3)4/h6-14H,5H2,1-4H3,(H2,22,23,27)/t14-/m1/s1. The predicted molar refractivity (Wildman–Crippen MR) is 111 cm³/mol. The first kappa shape index (κ1) is 19.4. The Morgan fingerprint density at radius 1 is 1.14 bits per heavy atom. The molecule has 1 atom stereocenters. The van der Waals surface area contributed by atoms with Crippen LogP contribution in [0.1, 0.15) is 20.3 Å². The van der Waals surface area contributed by atoms with Crippen molar-refractivity contribution in [3.8, 4) is 22.8 Å². The van der Waals surface area contributed by atoms with Crippen LogP contribution in [0.4, 0.5) is 16.2 Å². The second-order valence-electron chi connectivity index (χ2n) is 6.85. The van der Waals surface area contributed by atoms with Crippen molar-refractivity contribution in [3.05, 3.63) is 48.5 Å². The van der Waals surface area contributed by atoms with E-state index in [2.05, 4.69) is 20.8 Å². The molecule has 0 spiro atoms. The van der Waals surface area contributed by atoms with Crippen LogP contribution in [0.2, 0.25) is 0 Å². The minimum absolute atomic E-state index is 0.128. The molecule has 2 aromatic carbocycles. The van der Waals surface area contributed by atoms with Crippen LogP contribution >= 0.6 is 0 Å². The van der Waals surface area contributed by atoms with E-state index in [0.717, 1.165) is 23.2 Å². The van der Waals surface area contributed by atoms with Crippen LogP contribution in [-0.2, 0) is 0 Å². The molecule has 3 aromatic rings. The zero-order valence-electron chi connectivity index (χ0n) is 16.6. The summed E-state index contributed by atoms with van der Waals surface area (Å²) in [5.41, 5.74) is 3.44. The molecule has 0 unspecified atom stereocenters. The van der Waals surface area contributed by atoms with Crippen LogP contribution in [-0.4, -0.2) is 36.3 Å². The average Bonchev–Trinajstić information content (AvgIpc) is 3.18. The summed E-state index contributed by atoms with van der Waals surface area (Å²) in [6.07, 6.45) is 0.879. The molecule has 3 rings (SSSR count). The molecule has 0 saturated heterocycles. The molecule has 0 fully saturated rings. The first-order valence-electron chi connectivity index (χ1n) is 9.25. The van der Waals surface area contributed by atoms with Crippen molar-refractivity contribution in [1.82, 2.24) is 15.5 Å². The van der Waals surface area contributed by atoms with E-state index in [1.807, 2.05) is 81.4 Å². The number of rotatable bonds is 6. The lowest BCUT2D eigenvalue weighted by molar-refractivity contribution is 0.249. The van der Waals surface area contributed by atoms with Crippen molar-refractivity contribution in [3.63, 3.8) is 0 Å². The quantitative estimate of drug-likeness (QED) is 0.664. The summed E-state index contributed by atoms with van der Waals surface area (Å²) in [6.45, 7) is 3.99. The Balaban J connectivity index is 1.71. The third-order valence-corrected chi connectivity index (χ3v) is 4.43. The summed E-state index contributed by atoms with van der Waals surface area (Å²) < 4.78 is 5.43. The van der Waals surface area contributed by atoms with E-state index in [9.17, 15) is 4.79 Å². The third kappa shape index (κ3) is 4.68. The Labute approximate surface area is 164 Å². The Bertz CT molecular complexity index is 934. The summed E-state index contributed by atoms with van der Waals surface area (Å²) in [6, 6.07) is 15.2. The fourth-order valence-corrected chi connectivity index (χ4v) is 2.57. The second kappa shape index (κ2) is 8.56. The van der Waals surface area contributed by atoms with Gasteiger partial charge in [-0.1, -0.05) is 18.1 Å². The van der Waals surface area contributed by atoms with E-state index in [4.69, 9.17) is 4.52 Å². The van der Waals surface area contributed by atoms with Crippen molar-refractivity contribution in [2.24, 2.45) is 0 Å². The lowest BCUT2D eigenvalue weighted by Crippen LogP contribution is -2.35. The molecule has 146 valence electrons. The van der Waals surface area contributed by atoms with Gasteiger partial charge in [-0.2, -0.15) is 4.98 Å². The summed E-state index contributed by atoms with van der Waals surface area (Å²) in [4.78, 5) is 18.4. The van der Waals surface area contributed by atoms with E-state index in [-0.39, 0.29) is 12.1 Å². The highest BCUT2D eigenvalue weighted by Crippen LogP contribution is 2.25. The van der Waals surface area contributed by atoms with Crippen molar-refractivity contribution in [2.45, 2.75) is 26.3 Å². The number of nitrogens with zero attached hydrogens (tertiary/aromatic N) is 3. The van der Waals surface area contributed by atoms with Crippen LogP contribution in [0, 0.1) is 0 Å². The number of carbonyl (C=O) groups excluding carboxylic acids is 1. The summed E-state index contributed by atoms with van der Waals surface area (Å²) in [5.74, 6) is 0.967. The fraction of sp³-hybridized carbons (Fsp3) is 0.286. The van der Waals surface area contributed by atoms with Gasteiger partial charge in [0.15, 0.2) is 0 Å². The van der Waals surface area contributed by atoms with Crippen LogP contribution < -0.4 is 15.5 Å². The number of anilines is 2. The Hall–Kier alpha value is -3.35. The average molecular weight is 379 g/mol. The van der Waals surface area contributed by atoms with E-state index >= 15 is 0 Å². The van der Waals surface area contributed by atoms with E-state index < -0.39 is 0 Å². The minimum atomic E-state index is -0.218. The topological polar surface area (TPSA) is 83.3 Å².